The monoisotopic (exact) mass is 739 g/mol. The molecule has 1 N–H and O–H groups in total. The number of carbonyl (C=O) groups excluding carboxylic acids is 2. The highest BCUT2D eigenvalue weighted by atomic mass is 79.9. The molecule has 0 radical (unpaired) electrons. The van der Waals surface area contributed by atoms with Gasteiger partial charge in [-0.05, 0) is 79.9 Å². The second-order valence-electron chi connectivity index (χ2n) is 11.0. The molecular formula is C36H39BrClN3O5S. The van der Waals surface area contributed by atoms with E-state index in [1.807, 2.05) is 68.4 Å². The Balaban J connectivity index is 1.84. The Kier molecular flexibility index (Phi) is 12.9. The van der Waals surface area contributed by atoms with Gasteiger partial charge in [-0.15, -0.1) is 0 Å². The smallest absolute Gasteiger partial charge is 0.264 e. The molecule has 0 aliphatic carbocycles. The second-order valence-corrected chi connectivity index (χ2v) is 14.3. The highest BCUT2D eigenvalue weighted by molar-refractivity contribution is 9.10. The van der Waals surface area contributed by atoms with Gasteiger partial charge in [0.1, 0.15) is 18.3 Å². The SMILES string of the molecule is CCOc1ccccc1N(CC(=O)N(Cc1ccc(Br)cc1)[C@H](Cc1ccccc1)C(=O)N[C@@H](C)CC)S(=O)(=O)c1ccc(Cl)cc1. The summed E-state index contributed by atoms with van der Waals surface area (Å²) < 4.78 is 36.3. The number of amides is 2. The highest BCUT2D eigenvalue weighted by Crippen LogP contribution is 2.33. The molecule has 4 rings (SSSR count). The van der Waals surface area contributed by atoms with Crippen LogP contribution >= 0.6 is 27.5 Å². The van der Waals surface area contributed by atoms with Crippen molar-refractivity contribution in [2.75, 3.05) is 17.5 Å². The van der Waals surface area contributed by atoms with Gasteiger partial charge in [-0.1, -0.05) is 89.1 Å². The van der Waals surface area contributed by atoms with Crippen molar-refractivity contribution in [1.82, 2.24) is 10.2 Å². The van der Waals surface area contributed by atoms with E-state index in [-0.39, 0.29) is 42.1 Å². The van der Waals surface area contributed by atoms with Gasteiger partial charge in [-0.3, -0.25) is 13.9 Å². The standard InChI is InChI=1S/C36H39BrClN3O5S/c1-4-26(3)39-36(43)33(23-27-11-7-6-8-12-27)40(24-28-15-17-29(37)18-16-28)35(42)25-41(32-13-9-10-14-34(32)46-5-2)47(44,45)31-21-19-30(38)20-22-31/h6-22,26,33H,4-5,23-25H2,1-3H3,(H,39,43)/t26-,33+/m0/s1. The first-order valence-corrected chi connectivity index (χ1v) is 18.0. The van der Waals surface area contributed by atoms with Crippen LogP contribution in [-0.4, -0.2) is 50.4 Å². The molecule has 4 aromatic rings. The maximum absolute atomic E-state index is 14.7. The molecule has 11 heteroatoms. The number of benzene rings is 4. The van der Waals surface area contributed by atoms with Crippen molar-refractivity contribution < 1.29 is 22.7 Å². The van der Waals surface area contributed by atoms with Gasteiger partial charge in [0.05, 0.1) is 17.2 Å². The molecule has 0 bridgehead atoms. The molecule has 0 unspecified atom stereocenters. The van der Waals surface area contributed by atoms with Crippen molar-refractivity contribution in [1.29, 1.82) is 0 Å². The number of carbonyl (C=O) groups is 2. The number of nitrogens with zero attached hydrogens (tertiary/aromatic N) is 2. The van der Waals surface area contributed by atoms with Gasteiger partial charge in [0.15, 0.2) is 0 Å². The van der Waals surface area contributed by atoms with E-state index in [1.165, 1.54) is 29.2 Å². The maximum Gasteiger partial charge on any atom is 0.264 e. The lowest BCUT2D eigenvalue weighted by Crippen LogP contribution is -2.54. The summed E-state index contributed by atoms with van der Waals surface area (Å²) in [6.45, 7) is 5.43. The summed E-state index contributed by atoms with van der Waals surface area (Å²) in [5.74, 6) is -0.581. The Bertz CT molecular complexity index is 1740. The third-order valence-corrected chi connectivity index (χ3v) is 10.2. The molecule has 2 amide bonds. The first-order chi connectivity index (χ1) is 22.5. The minimum atomic E-state index is -4.31. The van der Waals surface area contributed by atoms with Crippen molar-refractivity contribution in [3.63, 3.8) is 0 Å². The molecule has 47 heavy (non-hydrogen) atoms. The largest absolute Gasteiger partial charge is 0.492 e. The number of halogens is 2. The van der Waals surface area contributed by atoms with Crippen molar-refractivity contribution in [2.24, 2.45) is 0 Å². The summed E-state index contributed by atoms with van der Waals surface area (Å²) >= 11 is 9.55. The van der Waals surface area contributed by atoms with Crippen LogP contribution in [-0.2, 0) is 32.6 Å². The van der Waals surface area contributed by atoms with Crippen LogP contribution in [0.2, 0.25) is 5.02 Å². The fourth-order valence-electron chi connectivity index (χ4n) is 4.97. The van der Waals surface area contributed by atoms with Crippen LogP contribution in [0, 0.1) is 0 Å². The molecule has 0 fully saturated rings. The Hall–Kier alpha value is -3.86. The summed E-state index contributed by atoms with van der Waals surface area (Å²) in [6.07, 6.45) is 0.927. The molecule has 0 heterocycles. The fourth-order valence-corrected chi connectivity index (χ4v) is 6.78. The minimum absolute atomic E-state index is 0.0455. The summed E-state index contributed by atoms with van der Waals surface area (Å²) in [6, 6.07) is 28.3. The van der Waals surface area contributed by atoms with E-state index >= 15 is 0 Å². The van der Waals surface area contributed by atoms with Crippen LogP contribution in [0.4, 0.5) is 5.69 Å². The Morgan fingerprint density at radius 1 is 0.872 bits per heavy atom. The molecule has 2 atom stereocenters. The molecule has 0 aliphatic rings. The highest BCUT2D eigenvalue weighted by Gasteiger charge is 2.35. The molecule has 0 aromatic heterocycles. The van der Waals surface area contributed by atoms with E-state index in [0.29, 0.717) is 17.2 Å². The number of ether oxygens (including phenoxy) is 1. The molecule has 8 nitrogen and oxygen atoms in total. The van der Waals surface area contributed by atoms with E-state index in [1.54, 1.807) is 31.2 Å². The zero-order chi connectivity index (χ0) is 34.0. The number of para-hydroxylation sites is 2. The molecule has 0 saturated carbocycles. The molecule has 4 aromatic carbocycles. The van der Waals surface area contributed by atoms with Gasteiger partial charge in [-0.2, -0.15) is 0 Å². The zero-order valence-electron chi connectivity index (χ0n) is 26.6. The summed E-state index contributed by atoms with van der Waals surface area (Å²) in [5.41, 5.74) is 1.83. The van der Waals surface area contributed by atoms with Crippen molar-refractivity contribution >= 4 is 55.1 Å². The van der Waals surface area contributed by atoms with Crippen molar-refractivity contribution in [2.45, 2.75) is 57.1 Å². The maximum atomic E-state index is 14.7. The number of hydrogen-bond donors (Lipinski definition) is 1. The lowest BCUT2D eigenvalue weighted by atomic mass is 10.0. The van der Waals surface area contributed by atoms with E-state index in [2.05, 4.69) is 21.2 Å². The van der Waals surface area contributed by atoms with E-state index in [0.717, 1.165) is 19.9 Å². The quantitative estimate of drug-likeness (QED) is 0.139. The van der Waals surface area contributed by atoms with Crippen LogP contribution in [0.15, 0.2) is 112 Å². The normalized spacial score (nSPS) is 12.5. The minimum Gasteiger partial charge on any atom is -0.492 e. The Morgan fingerprint density at radius 3 is 2.15 bits per heavy atom. The van der Waals surface area contributed by atoms with Gasteiger partial charge >= 0.3 is 0 Å². The summed E-state index contributed by atoms with van der Waals surface area (Å²) in [7, 11) is -4.31. The van der Waals surface area contributed by atoms with Crippen LogP contribution in [0.25, 0.3) is 0 Å². The van der Waals surface area contributed by atoms with E-state index in [9.17, 15) is 18.0 Å². The molecule has 0 saturated heterocycles. The van der Waals surface area contributed by atoms with Gasteiger partial charge in [0.25, 0.3) is 10.0 Å². The lowest BCUT2D eigenvalue weighted by Gasteiger charge is -2.34. The molecule has 0 spiro atoms. The average molecular weight is 741 g/mol. The first kappa shape index (κ1) is 36.0. The summed E-state index contributed by atoms with van der Waals surface area (Å²) in [4.78, 5) is 30.1. The Labute approximate surface area is 290 Å². The molecular weight excluding hydrogens is 702 g/mol. The average Bonchev–Trinajstić information content (AvgIpc) is 3.07. The van der Waals surface area contributed by atoms with Crippen LogP contribution < -0.4 is 14.4 Å². The number of anilines is 1. The first-order valence-electron chi connectivity index (χ1n) is 15.4. The summed E-state index contributed by atoms with van der Waals surface area (Å²) in [5, 5.41) is 3.42. The molecule has 0 aliphatic heterocycles. The van der Waals surface area contributed by atoms with Crippen molar-refractivity contribution in [3.05, 3.63) is 124 Å². The number of hydrogen-bond acceptors (Lipinski definition) is 5. The van der Waals surface area contributed by atoms with Gasteiger partial charge in [0.2, 0.25) is 11.8 Å². The predicted octanol–water partition coefficient (Wildman–Crippen LogP) is 7.25. The Morgan fingerprint density at radius 2 is 1.51 bits per heavy atom. The third-order valence-electron chi connectivity index (χ3n) is 7.65. The number of sulfonamides is 1. The van der Waals surface area contributed by atoms with Crippen molar-refractivity contribution in [3.8, 4) is 5.75 Å². The second kappa shape index (κ2) is 16.8. The van der Waals surface area contributed by atoms with Crippen LogP contribution in [0.3, 0.4) is 0 Å². The number of rotatable bonds is 15. The lowest BCUT2D eigenvalue weighted by molar-refractivity contribution is -0.140. The van der Waals surface area contributed by atoms with Gasteiger partial charge in [-0.25, -0.2) is 8.42 Å². The van der Waals surface area contributed by atoms with E-state index < -0.39 is 28.5 Å². The topological polar surface area (TPSA) is 96.0 Å². The fraction of sp³-hybridized carbons (Fsp3) is 0.278. The van der Waals surface area contributed by atoms with E-state index in [4.69, 9.17) is 16.3 Å². The van der Waals surface area contributed by atoms with Crippen LogP contribution in [0.1, 0.15) is 38.3 Å². The van der Waals surface area contributed by atoms with Gasteiger partial charge in [0, 0.05) is 28.5 Å². The van der Waals surface area contributed by atoms with Gasteiger partial charge < -0.3 is 15.0 Å². The molecule has 248 valence electrons. The zero-order valence-corrected chi connectivity index (χ0v) is 29.8. The predicted molar refractivity (Wildman–Crippen MR) is 190 cm³/mol. The third kappa shape index (κ3) is 9.59. The van der Waals surface area contributed by atoms with Crippen LogP contribution in [0.5, 0.6) is 5.75 Å². The number of nitrogens with one attached hydrogen (secondary N) is 1.